The smallest absolute Gasteiger partial charge is 0.338 e. The van der Waals surface area contributed by atoms with Crippen LogP contribution in [0.2, 0.25) is 0 Å². The average Bonchev–Trinajstić information content (AvgIpc) is 2.92. The largest absolute Gasteiger partial charge is 0.454 e. The molecular formula is C20H18N2O5. The zero-order chi connectivity index (χ0) is 19.6. The third-order valence-corrected chi connectivity index (χ3v) is 4.24. The Bertz CT molecular complexity index is 951. The molecule has 1 heterocycles. The molecule has 138 valence electrons. The molecule has 2 N–H and O–H groups in total. The van der Waals surface area contributed by atoms with Crippen molar-refractivity contribution in [1.82, 2.24) is 0 Å². The Kier molecular flexibility index (Phi) is 5.03. The van der Waals surface area contributed by atoms with E-state index in [1.54, 1.807) is 37.3 Å². The minimum Gasteiger partial charge on any atom is -0.454 e. The van der Waals surface area contributed by atoms with E-state index in [1.165, 1.54) is 19.1 Å². The molecular weight excluding hydrogens is 348 g/mol. The highest BCUT2D eigenvalue weighted by atomic mass is 16.5. The standard InChI is InChI=1S/C20H18N2O5/c1-11-16-9-13(6-7-17(16)22-19(11)25)18(24)10-27-20(26)14-4-3-5-15(8-14)21-12(2)23/h3-9,11H,10H2,1-2H3,(H,21,23)(H,22,25)/t11-/m1/s1. The molecule has 3 rings (SSSR count). The van der Waals surface area contributed by atoms with Crippen molar-refractivity contribution in [2.75, 3.05) is 17.2 Å². The van der Waals surface area contributed by atoms with Gasteiger partial charge in [-0.05, 0) is 48.9 Å². The first-order valence-corrected chi connectivity index (χ1v) is 8.38. The molecule has 1 aliphatic rings. The fraction of sp³-hybridized carbons (Fsp3) is 0.200. The molecule has 1 aliphatic heterocycles. The minimum absolute atomic E-state index is 0.111. The Morgan fingerprint density at radius 2 is 1.89 bits per heavy atom. The van der Waals surface area contributed by atoms with Crippen LogP contribution in [0.3, 0.4) is 0 Å². The van der Waals surface area contributed by atoms with Gasteiger partial charge in [0.2, 0.25) is 11.8 Å². The van der Waals surface area contributed by atoms with Gasteiger partial charge in [0.15, 0.2) is 12.4 Å². The third kappa shape index (κ3) is 4.03. The van der Waals surface area contributed by atoms with Crippen molar-refractivity contribution in [2.24, 2.45) is 0 Å². The van der Waals surface area contributed by atoms with Gasteiger partial charge in [0, 0.05) is 23.9 Å². The van der Waals surface area contributed by atoms with Crippen LogP contribution in [0.25, 0.3) is 0 Å². The number of hydrogen-bond donors (Lipinski definition) is 2. The summed E-state index contributed by atoms with van der Waals surface area (Å²) in [6.45, 7) is 2.71. The van der Waals surface area contributed by atoms with E-state index in [0.717, 1.165) is 5.56 Å². The summed E-state index contributed by atoms with van der Waals surface area (Å²) in [4.78, 5) is 47.3. The summed E-state index contributed by atoms with van der Waals surface area (Å²) in [7, 11) is 0. The molecule has 7 nitrogen and oxygen atoms in total. The van der Waals surface area contributed by atoms with E-state index in [2.05, 4.69) is 10.6 Å². The van der Waals surface area contributed by atoms with E-state index in [0.29, 0.717) is 16.9 Å². The second kappa shape index (κ2) is 7.41. The third-order valence-electron chi connectivity index (χ3n) is 4.24. The van der Waals surface area contributed by atoms with Crippen LogP contribution in [-0.2, 0) is 14.3 Å². The van der Waals surface area contributed by atoms with Gasteiger partial charge < -0.3 is 15.4 Å². The molecule has 2 aromatic carbocycles. The molecule has 0 aromatic heterocycles. The number of benzene rings is 2. The second-order valence-corrected chi connectivity index (χ2v) is 6.27. The quantitative estimate of drug-likeness (QED) is 0.626. The minimum atomic E-state index is -0.665. The van der Waals surface area contributed by atoms with Crippen LogP contribution in [0.15, 0.2) is 42.5 Å². The molecule has 0 saturated heterocycles. The Hall–Kier alpha value is -3.48. The molecule has 0 saturated carbocycles. The monoisotopic (exact) mass is 366 g/mol. The van der Waals surface area contributed by atoms with Crippen molar-refractivity contribution in [1.29, 1.82) is 0 Å². The van der Waals surface area contributed by atoms with Gasteiger partial charge in [0.05, 0.1) is 11.5 Å². The number of rotatable bonds is 5. The molecule has 0 unspecified atom stereocenters. The lowest BCUT2D eigenvalue weighted by Gasteiger charge is -2.08. The summed E-state index contributed by atoms with van der Waals surface area (Å²) in [5, 5.41) is 5.31. The maximum absolute atomic E-state index is 12.3. The fourth-order valence-electron chi connectivity index (χ4n) is 2.82. The number of carbonyl (C=O) groups is 4. The molecule has 0 radical (unpaired) electrons. The summed E-state index contributed by atoms with van der Waals surface area (Å²) < 4.78 is 5.09. The molecule has 27 heavy (non-hydrogen) atoms. The Balaban J connectivity index is 1.65. The molecule has 7 heteroatoms. The predicted octanol–water partition coefficient (Wildman–Crippen LogP) is 2.74. The van der Waals surface area contributed by atoms with Crippen LogP contribution < -0.4 is 10.6 Å². The van der Waals surface area contributed by atoms with Crippen LogP contribution in [0.1, 0.15) is 46.0 Å². The number of carbonyl (C=O) groups excluding carboxylic acids is 4. The molecule has 0 bridgehead atoms. The Labute approximate surface area is 155 Å². The lowest BCUT2D eigenvalue weighted by molar-refractivity contribution is -0.116. The molecule has 0 aliphatic carbocycles. The first-order valence-electron chi connectivity index (χ1n) is 8.38. The topological polar surface area (TPSA) is 102 Å². The maximum atomic E-state index is 12.3. The van der Waals surface area contributed by atoms with Crippen molar-refractivity contribution in [2.45, 2.75) is 19.8 Å². The Morgan fingerprint density at radius 1 is 1.11 bits per heavy atom. The van der Waals surface area contributed by atoms with E-state index in [4.69, 9.17) is 4.74 Å². The van der Waals surface area contributed by atoms with Gasteiger partial charge >= 0.3 is 5.97 Å². The Morgan fingerprint density at radius 3 is 2.63 bits per heavy atom. The SMILES string of the molecule is CC(=O)Nc1cccc(C(=O)OCC(=O)c2ccc3c(c2)[C@@H](C)C(=O)N3)c1. The van der Waals surface area contributed by atoms with E-state index >= 15 is 0 Å². The summed E-state index contributed by atoms with van der Waals surface area (Å²) in [5.41, 5.74) is 2.51. The second-order valence-electron chi connectivity index (χ2n) is 6.27. The number of esters is 1. The predicted molar refractivity (Wildman–Crippen MR) is 98.8 cm³/mol. The summed E-state index contributed by atoms with van der Waals surface area (Å²) in [6, 6.07) is 11.2. The van der Waals surface area contributed by atoms with Gasteiger partial charge in [0.1, 0.15) is 0 Å². The van der Waals surface area contributed by atoms with Crippen LogP contribution >= 0.6 is 0 Å². The van der Waals surface area contributed by atoms with Crippen LogP contribution in [0.4, 0.5) is 11.4 Å². The number of nitrogens with one attached hydrogen (secondary N) is 2. The van der Waals surface area contributed by atoms with Crippen molar-refractivity contribution < 1.29 is 23.9 Å². The average molecular weight is 366 g/mol. The molecule has 0 spiro atoms. The summed E-state index contributed by atoms with van der Waals surface area (Å²) >= 11 is 0. The zero-order valence-corrected chi connectivity index (χ0v) is 14.9. The number of ether oxygens (including phenoxy) is 1. The van der Waals surface area contributed by atoms with Gasteiger partial charge in [-0.3, -0.25) is 14.4 Å². The number of ketones is 1. The number of Topliss-reactive ketones (excluding diaryl/α,β-unsaturated/α-hetero) is 1. The van der Waals surface area contributed by atoms with Crippen LogP contribution in [0.5, 0.6) is 0 Å². The van der Waals surface area contributed by atoms with E-state index in [1.807, 2.05) is 0 Å². The number of anilines is 2. The van der Waals surface area contributed by atoms with Crippen molar-refractivity contribution in [3.63, 3.8) is 0 Å². The van der Waals surface area contributed by atoms with Gasteiger partial charge in [-0.1, -0.05) is 6.07 Å². The van der Waals surface area contributed by atoms with Gasteiger partial charge in [-0.25, -0.2) is 4.79 Å². The highest BCUT2D eigenvalue weighted by Crippen LogP contribution is 2.32. The first kappa shape index (κ1) is 18.3. The van der Waals surface area contributed by atoms with Gasteiger partial charge in [0.25, 0.3) is 0 Å². The number of amides is 2. The van der Waals surface area contributed by atoms with Gasteiger partial charge in [-0.15, -0.1) is 0 Å². The van der Waals surface area contributed by atoms with Crippen molar-refractivity contribution in [3.05, 3.63) is 59.2 Å². The van der Waals surface area contributed by atoms with Crippen molar-refractivity contribution in [3.8, 4) is 0 Å². The van der Waals surface area contributed by atoms with Gasteiger partial charge in [-0.2, -0.15) is 0 Å². The van der Waals surface area contributed by atoms with Crippen LogP contribution in [-0.4, -0.2) is 30.2 Å². The van der Waals surface area contributed by atoms with E-state index in [-0.39, 0.29) is 29.1 Å². The summed E-state index contributed by atoms with van der Waals surface area (Å²) in [6.07, 6.45) is 0. The highest BCUT2D eigenvalue weighted by Gasteiger charge is 2.27. The fourth-order valence-corrected chi connectivity index (χ4v) is 2.82. The number of fused-ring (bicyclic) bond motifs is 1. The normalized spacial score (nSPS) is 14.9. The maximum Gasteiger partial charge on any atom is 0.338 e. The van der Waals surface area contributed by atoms with E-state index < -0.39 is 12.6 Å². The van der Waals surface area contributed by atoms with Crippen molar-refractivity contribution >= 4 is 34.9 Å². The summed E-state index contributed by atoms with van der Waals surface area (Å²) in [5.74, 6) is -1.72. The first-order chi connectivity index (χ1) is 12.8. The zero-order valence-electron chi connectivity index (χ0n) is 14.9. The lowest BCUT2D eigenvalue weighted by atomic mass is 9.99. The van der Waals surface area contributed by atoms with E-state index in [9.17, 15) is 19.2 Å². The van der Waals surface area contributed by atoms with Crippen LogP contribution in [0, 0.1) is 0 Å². The lowest BCUT2D eigenvalue weighted by Crippen LogP contribution is -2.15. The number of hydrogen-bond acceptors (Lipinski definition) is 5. The molecule has 0 fully saturated rings. The highest BCUT2D eigenvalue weighted by molar-refractivity contribution is 6.05. The molecule has 1 atom stereocenters. The molecule has 2 amide bonds. The molecule has 2 aromatic rings.